The van der Waals surface area contributed by atoms with Gasteiger partial charge in [0.25, 0.3) is 0 Å². The van der Waals surface area contributed by atoms with Gasteiger partial charge in [-0.2, -0.15) is 0 Å². The Kier molecular flexibility index (Phi) is 4.66. The number of fused-ring (bicyclic) bond motifs is 1. The number of hydrogen-bond donors (Lipinski definition) is 0. The van der Waals surface area contributed by atoms with Gasteiger partial charge in [-0.25, -0.2) is 9.59 Å². The SMILES string of the molecule is CCC/C=C/c1cc([B-]23OC(=O)C(C)(C)[N+]2(C)C(C)(C)C(=O)O3)ccc1OC. The van der Waals surface area contributed by atoms with Crippen LogP contribution in [0.1, 0.15) is 53.0 Å². The van der Waals surface area contributed by atoms with Crippen molar-refractivity contribution in [2.24, 2.45) is 0 Å². The lowest BCUT2D eigenvalue weighted by molar-refractivity contribution is -0.885. The van der Waals surface area contributed by atoms with E-state index in [4.69, 9.17) is 14.0 Å². The predicted octanol–water partition coefficient (Wildman–Crippen LogP) is 2.77. The van der Waals surface area contributed by atoms with E-state index in [1.807, 2.05) is 59.0 Å². The Hall–Kier alpha value is -2.28. The van der Waals surface area contributed by atoms with Crippen molar-refractivity contribution in [1.29, 1.82) is 0 Å². The Bertz CT molecular complexity index is 828. The first kappa shape index (κ1) is 20.5. The zero-order valence-corrected chi connectivity index (χ0v) is 17.9. The molecule has 7 heteroatoms. The van der Waals surface area contributed by atoms with Gasteiger partial charge in [0.1, 0.15) is 5.75 Å². The average molecular weight is 387 g/mol. The largest absolute Gasteiger partial charge is 0.615 e. The van der Waals surface area contributed by atoms with Crippen molar-refractivity contribution in [2.45, 2.75) is 58.5 Å². The molecular formula is C21H30BNO5. The highest BCUT2D eigenvalue weighted by atomic mass is 16.7. The molecule has 2 saturated heterocycles. The summed E-state index contributed by atoms with van der Waals surface area (Å²) in [6.45, 7) is 6.97. The van der Waals surface area contributed by atoms with Gasteiger partial charge in [0.05, 0.1) is 7.11 Å². The third-order valence-electron chi connectivity index (χ3n) is 6.96. The van der Waals surface area contributed by atoms with Crippen molar-refractivity contribution in [3.05, 3.63) is 29.8 Å². The third-order valence-corrected chi connectivity index (χ3v) is 6.96. The Morgan fingerprint density at radius 1 is 1.11 bits per heavy atom. The van der Waals surface area contributed by atoms with Gasteiger partial charge in [-0.05, 0) is 45.6 Å². The monoisotopic (exact) mass is 387 g/mol. The molecule has 0 saturated carbocycles. The molecule has 2 aliphatic heterocycles. The van der Waals surface area contributed by atoms with Crippen molar-refractivity contribution in [3.63, 3.8) is 0 Å². The summed E-state index contributed by atoms with van der Waals surface area (Å²) in [5.74, 6) is -0.0198. The topological polar surface area (TPSA) is 61.8 Å². The lowest BCUT2D eigenvalue weighted by Crippen LogP contribution is -2.78. The molecule has 0 spiro atoms. The summed E-state index contributed by atoms with van der Waals surface area (Å²) < 4.78 is 17.4. The Morgan fingerprint density at radius 3 is 2.18 bits per heavy atom. The fourth-order valence-electron chi connectivity index (χ4n) is 4.66. The number of allylic oxidation sites excluding steroid dienone is 1. The molecule has 0 amide bonds. The van der Waals surface area contributed by atoms with Gasteiger partial charge in [-0.3, -0.25) is 0 Å². The number of methoxy groups -OCH3 is 1. The van der Waals surface area contributed by atoms with Crippen LogP contribution in [-0.4, -0.2) is 48.3 Å². The summed E-state index contributed by atoms with van der Waals surface area (Å²) in [6.07, 6.45) is 6.06. The summed E-state index contributed by atoms with van der Waals surface area (Å²) in [4.78, 5) is 25.7. The van der Waals surface area contributed by atoms with E-state index in [0.717, 1.165) is 18.4 Å². The highest BCUT2D eigenvalue weighted by Gasteiger charge is 2.80. The fourth-order valence-corrected chi connectivity index (χ4v) is 4.66. The van der Waals surface area contributed by atoms with E-state index in [9.17, 15) is 9.59 Å². The number of rotatable bonds is 5. The molecule has 1 aromatic carbocycles. The van der Waals surface area contributed by atoms with Gasteiger partial charge in [-0.1, -0.05) is 37.6 Å². The highest BCUT2D eigenvalue weighted by molar-refractivity contribution is 6.79. The number of carbonyl (C=O) groups is 2. The number of carbonyl (C=O) groups excluding carboxylic acids is 2. The summed E-state index contributed by atoms with van der Waals surface area (Å²) in [5.41, 5.74) is -0.336. The fraction of sp³-hybridized carbons (Fsp3) is 0.524. The van der Waals surface area contributed by atoms with Crippen molar-refractivity contribution < 1.29 is 28.0 Å². The van der Waals surface area contributed by atoms with Gasteiger partial charge in [0.2, 0.25) is 0 Å². The Morgan fingerprint density at radius 2 is 1.68 bits per heavy atom. The normalized spacial score (nSPS) is 30.2. The van der Waals surface area contributed by atoms with Crippen LogP contribution in [-0.2, 0) is 18.9 Å². The summed E-state index contributed by atoms with van der Waals surface area (Å²) in [6, 6.07) is 5.57. The van der Waals surface area contributed by atoms with E-state index in [0.29, 0.717) is 11.2 Å². The smallest absolute Gasteiger partial charge is 0.596 e. The van der Waals surface area contributed by atoms with Crippen molar-refractivity contribution in [1.82, 2.24) is 0 Å². The van der Waals surface area contributed by atoms with E-state index in [2.05, 4.69) is 13.0 Å². The molecule has 28 heavy (non-hydrogen) atoms. The number of likely N-dealkylation sites (N-methyl/N-ethyl adjacent to an activating group) is 1. The van der Waals surface area contributed by atoms with E-state index in [1.54, 1.807) is 7.11 Å². The van der Waals surface area contributed by atoms with Gasteiger partial charge < -0.3 is 18.4 Å². The van der Waals surface area contributed by atoms with Crippen LogP contribution in [0.15, 0.2) is 24.3 Å². The number of nitrogens with zero attached hydrogens (tertiary/aromatic N) is 1. The molecule has 0 bridgehead atoms. The van der Waals surface area contributed by atoms with E-state index >= 15 is 0 Å². The molecule has 2 aliphatic rings. The Labute approximate surface area is 167 Å². The zero-order valence-electron chi connectivity index (χ0n) is 17.9. The van der Waals surface area contributed by atoms with E-state index < -0.39 is 17.8 Å². The molecule has 1 aromatic rings. The summed E-state index contributed by atoms with van der Waals surface area (Å²) in [5, 5.41) is 0. The molecule has 0 N–H and O–H groups in total. The van der Waals surface area contributed by atoms with Crippen molar-refractivity contribution >= 4 is 30.2 Å². The summed E-state index contributed by atoms with van der Waals surface area (Å²) in [7, 11) is 3.50. The van der Waals surface area contributed by atoms with Gasteiger partial charge in [0.15, 0.2) is 11.1 Å². The van der Waals surface area contributed by atoms with Crippen LogP contribution in [0.2, 0.25) is 0 Å². The molecule has 3 rings (SSSR count). The standard InChI is InChI=1S/C21H30BNO5/c1-8-9-10-11-15-14-16(12-13-17(15)26-7)22-23(6,20(2,3)18(24)27-22)21(4,5)19(25)28-22/h10-14H,8-9H2,1-7H3/b11-10+. The highest BCUT2D eigenvalue weighted by Crippen LogP contribution is 2.51. The van der Waals surface area contributed by atoms with Crippen LogP contribution in [0.25, 0.3) is 6.08 Å². The number of hydrogen-bond acceptors (Lipinski definition) is 5. The van der Waals surface area contributed by atoms with Gasteiger partial charge >= 0.3 is 18.6 Å². The Balaban J connectivity index is 2.23. The number of benzene rings is 1. The number of unbranched alkanes of at least 4 members (excludes halogenated alkanes) is 1. The maximum absolute atomic E-state index is 12.9. The quantitative estimate of drug-likeness (QED) is 0.728. The van der Waals surface area contributed by atoms with Crippen LogP contribution in [0.3, 0.4) is 0 Å². The lowest BCUT2D eigenvalue weighted by atomic mass is 9.57. The maximum Gasteiger partial charge on any atom is 0.615 e. The van der Waals surface area contributed by atoms with Crippen molar-refractivity contribution in [2.75, 3.05) is 14.2 Å². The van der Waals surface area contributed by atoms with Crippen LogP contribution in [0.5, 0.6) is 5.75 Å². The van der Waals surface area contributed by atoms with Crippen LogP contribution >= 0.6 is 0 Å². The number of ether oxygens (including phenoxy) is 1. The maximum atomic E-state index is 12.9. The molecule has 0 atom stereocenters. The molecule has 0 aliphatic carbocycles. The molecule has 0 aromatic heterocycles. The minimum atomic E-state index is -2.40. The molecular weight excluding hydrogens is 357 g/mol. The van der Waals surface area contributed by atoms with Crippen molar-refractivity contribution in [3.8, 4) is 5.75 Å². The first-order valence-corrected chi connectivity index (χ1v) is 9.82. The molecule has 2 fully saturated rings. The summed E-state index contributed by atoms with van der Waals surface area (Å²) >= 11 is 0. The molecule has 2 heterocycles. The molecule has 0 unspecified atom stereocenters. The first-order valence-electron chi connectivity index (χ1n) is 9.82. The number of quaternary nitrogens is 1. The van der Waals surface area contributed by atoms with E-state index in [-0.39, 0.29) is 16.3 Å². The average Bonchev–Trinajstić information content (AvgIpc) is 2.90. The van der Waals surface area contributed by atoms with Crippen LogP contribution in [0.4, 0.5) is 0 Å². The molecule has 152 valence electrons. The second-order valence-electron chi connectivity index (χ2n) is 8.87. The molecule has 6 nitrogen and oxygen atoms in total. The minimum absolute atomic E-state index is 0.0438. The van der Waals surface area contributed by atoms with Gasteiger partial charge in [-0.15, -0.1) is 0 Å². The second-order valence-corrected chi connectivity index (χ2v) is 8.87. The molecule has 0 radical (unpaired) electrons. The van der Waals surface area contributed by atoms with Crippen LogP contribution < -0.4 is 10.2 Å². The van der Waals surface area contributed by atoms with Crippen LogP contribution in [0, 0.1) is 0 Å². The van der Waals surface area contributed by atoms with E-state index in [1.165, 1.54) is 0 Å². The minimum Gasteiger partial charge on any atom is -0.596 e. The second kappa shape index (κ2) is 6.37. The lowest BCUT2D eigenvalue weighted by Gasteiger charge is -2.54. The van der Waals surface area contributed by atoms with Gasteiger partial charge in [0, 0.05) is 12.6 Å². The zero-order chi connectivity index (χ0) is 21.0. The first-order chi connectivity index (χ1) is 13.0. The third kappa shape index (κ3) is 2.32. The predicted molar refractivity (Wildman–Crippen MR) is 109 cm³/mol.